The number of hydrogen-bond acceptors (Lipinski definition) is 3. The minimum absolute atomic E-state index is 0.192. The zero-order chi connectivity index (χ0) is 15.0. The number of pyridine rings is 2. The minimum Gasteiger partial charge on any atom is -0.478 e. The van der Waals surface area contributed by atoms with Gasteiger partial charge in [0.2, 0.25) is 0 Å². The summed E-state index contributed by atoms with van der Waals surface area (Å²) < 4.78 is 0. The highest BCUT2D eigenvalue weighted by Crippen LogP contribution is 2.29. The number of nitrogens with zero attached hydrogens (tertiary/aromatic N) is 2. The average Bonchev–Trinajstić information content (AvgIpc) is 2.47. The molecule has 1 aromatic carbocycles. The van der Waals surface area contributed by atoms with E-state index in [1.54, 1.807) is 42.7 Å². The molecule has 21 heavy (non-hydrogen) atoms. The summed E-state index contributed by atoms with van der Waals surface area (Å²) in [6.45, 7) is 1.86. The number of aromatic carboxylic acids is 1. The number of fused-ring (bicyclic) bond motifs is 1. The van der Waals surface area contributed by atoms with Crippen molar-refractivity contribution in [2.75, 3.05) is 0 Å². The van der Waals surface area contributed by atoms with Gasteiger partial charge in [-0.15, -0.1) is 0 Å². The molecule has 0 radical (unpaired) electrons. The third-order valence-electron chi connectivity index (χ3n) is 3.28. The Hall–Kier alpha value is -2.46. The molecule has 0 fully saturated rings. The first-order valence-electron chi connectivity index (χ1n) is 6.31. The van der Waals surface area contributed by atoms with Crippen molar-refractivity contribution in [1.82, 2.24) is 9.97 Å². The van der Waals surface area contributed by atoms with E-state index in [9.17, 15) is 9.90 Å². The second kappa shape index (κ2) is 5.14. The van der Waals surface area contributed by atoms with Crippen LogP contribution < -0.4 is 0 Å². The third kappa shape index (κ3) is 2.45. The molecule has 0 amide bonds. The van der Waals surface area contributed by atoms with E-state index in [-0.39, 0.29) is 5.56 Å². The molecule has 5 heteroatoms. The molecule has 0 spiro atoms. The quantitative estimate of drug-likeness (QED) is 0.778. The molecule has 1 N–H and O–H groups in total. The van der Waals surface area contributed by atoms with Gasteiger partial charge in [-0.2, -0.15) is 0 Å². The van der Waals surface area contributed by atoms with E-state index in [2.05, 4.69) is 9.97 Å². The van der Waals surface area contributed by atoms with Gasteiger partial charge in [0.25, 0.3) is 0 Å². The molecule has 0 saturated carbocycles. The lowest BCUT2D eigenvalue weighted by molar-refractivity contribution is 0.0699. The number of hydrogen-bond donors (Lipinski definition) is 1. The summed E-state index contributed by atoms with van der Waals surface area (Å²) in [5, 5.41) is 10.5. The molecule has 3 aromatic rings. The van der Waals surface area contributed by atoms with Gasteiger partial charge < -0.3 is 5.11 Å². The van der Waals surface area contributed by atoms with Crippen LogP contribution in [-0.4, -0.2) is 21.0 Å². The Balaban J connectivity index is 2.38. The predicted octanol–water partition coefficient (Wildman–Crippen LogP) is 3.96. The van der Waals surface area contributed by atoms with E-state index in [1.165, 1.54) is 0 Å². The number of carboxylic acid groups (broad SMARTS) is 1. The molecular weight excluding hydrogens is 288 g/mol. The Morgan fingerprint density at radius 2 is 1.90 bits per heavy atom. The maximum atomic E-state index is 11.5. The van der Waals surface area contributed by atoms with Crippen molar-refractivity contribution in [2.45, 2.75) is 6.92 Å². The van der Waals surface area contributed by atoms with Crippen LogP contribution in [0.5, 0.6) is 0 Å². The average molecular weight is 299 g/mol. The maximum Gasteiger partial charge on any atom is 0.336 e. The number of carboxylic acids is 1. The molecule has 0 bridgehead atoms. The van der Waals surface area contributed by atoms with Crippen molar-refractivity contribution in [3.8, 4) is 11.3 Å². The van der Waals surface area contributed by atoms with Crippen molar-refractivity contribution < 1.29 is 9.90 Å². The number of benzene rings is 1. The normalized spacial score (nSPS) is 10.8. The van der Waals surface area contributed by atoms with Crippen LogP contribution >= 0.6 is 11.6 Å². The van der Waals surface area contributed by atoms with Gasteiger partial charge in [-0.25, -0.2) is 9.78 Å². The highest BCUT2D eigenvalue weighted by Gasteiger charge is 2.15. The molecule has 0 aliphatic rings. The Morgan fingerprint density at radius 1 is 1.19 bits per heavy atom. The number of aromatic nitrogens is 2. The monoisotopic (exact) mass is 298 g/mol. The second-order valence-electron chi connectivity index (χ2n) is 4.71. The van der Waals surface area contributed by atoms with E-state index in [1.807, 2.05) is 6.92 Å². The van der Waals surface area contributed by atoms with Gasteiger partial charge in [-0.3, -0.25) is 4.98 Å². The van der Waals surface area contributed by atoms with E-state index in [0.29, 0.717) is 21.6 Å². The van der Waals surface area contributed by atoms with Crippen molar-refractivity contribution in [2.24, 2.45) is 0 Å². The summed E-state index contributed by atoms with van der Waals surface area (Å²) in [6.07, 6.45) is 3.30. The SMILES string of the molecule is Cc1cc(Cl)cc2c(C(=O)O)cc(-c3ccncc3)nc12. The van der Waals surface area contributed by atoms with Gasteiger partial charge in [-0.1, -0.05) is 11.6 Å². The molecule has 104 valence electrons. The summed E-state index contributed by atoms with van der Waals surface area (Å²) in [4.78, 5) is 20.1. The summed E-state index contributed by atoms with van der Waals surface area (Å²) in [7, 11) is 0. The largest absolute Gasteiger partial charge is 0.478 e. The lowest BCUT2D eigenvalue weighted by atomic mass is 10.0. The van der Waals surface area contributed by atoms with Crippen molar-refractivity contribution in [3.63, 3.8) is 0 Å². The van der Waals surface area contributed by atoms with Crippen LogP contribution in [0.1, 0.15) is 15.9 Å². The van der Waals surface area contributed by atoms with Crippen LogP contribution in [0.25, 0.3) is 22.2 Å². The number of rotatable bonds is 2. The van der Waals surface area contributed by atoms with Crippen LogP contribution in [0.15, 0.2) is 42.7 Å². The Bertz CT molecular complexity index is 848. The van der Waals surface area contributed by atoms with Gasteiger partial charge >= 0.3 is 5.97 Å². The molecule has 0 saturated heterocycles. The fraction of sp³-hybridized carbons (Fsp3) is 0.0625. The molecule has 0 atom stereocenters. The van der Waals surface area contributed by atoms with Crippen LogP contribution in [0.3, 0.4) is 0 Å². The van der Waals surface area contributed by atoms with Crippen LogP contribution in [0, 0.1) is 6.92 Å². The summed E-state index contributed by atoms with van der Waals surface area (Å²) in [5.74, 6) is -1.00. The first kappa shape index (κ1) is 13.5. The van der Waals surface area contributed by atoms with Gasteiger partial charge in [0, 0.05) is 28.4 Å². The number of carbonyl (C=O) groups is 1. The Labute approximate surface area is 126 Å². The molecule has 2 heterocycles. The lowest BCUT2D eigenvalue weighted by Crippen LogP contribution is -2.01. The van der Waals surface area contributed by atoms with Gasteiger partial charge in [0.05, 0.1) is 16.8 Å². The minimum atomic E-state index is -1.00. The predicted molar refractivity (Wildman–Crippen MR) is 81.7 cm³/mol. The summed E-state index contributed by atoms with van der Waals surface area (Å²) in [5.41, 5.74) is 3.11. The zero-order valence-corrected chi connectivity index (χ0v) is 11.9. The van der Waals surface area contributed by atoms with Crippen molar-refractivity contribution in [1.29, 1.82) is 0 Å². The Morgan fingerprint density at radius 3 is 2.57 bits per heavy atom. The van der Waals surface area contributed by atoms with Crippen molar-refractivity contribution >= 4 is 28.5 Å². The van der Waals surface area contributed by atoms with Crippen molar-refractivity contribution in [3.05, 3.63) is 58.9 Å². The maximum absolute atomic E-state index is 11.5. The second-order valence-corrected chi connectivity index (χ2v) is 5.15. The third-order valence-corrected chi connectivity index (χ3v) is 3.49. The molecule has 0 aliphatic heterocycles. The molecule has 2 aromatic heterocycles. The molecule has 0 aliphatic carbocycles. The van der Waals surface area contributed by atoms with E-state index < -0.39 is 5.97 Å². The first-order chi connectivity index (χ1) is 10.1. The highest BCUT2D eigenvalue weighted by atomic mass is 35.5. The number of aryl methyl sites for hydroxylation is 1. The van der Waals surface area contributed by atoms with Crippen LogP contribution in [0.2, 0.25) is 5.02 Å². The van der Waals surface area contributed by atoms with Crippen LogP contribution in [0.4, 0.5) is 0 Å². The van der Waals surface area contributed by atoms with Gasteiger partial charge in [0.1, 0.15) is 0 Å². The fourth-order valence-corrected chi connectivity index (χ4v) is 2.58. The van der Waals surface area contributed by atoms with E-state index in [0.717, 1.165) is 11.1 Å². The first-order valence-corrected chi connectivity index (χ1v) is 6.68. The van der Waals surface area contributed by atoms with E-state index >= 15 is 0 Å². The standard InChI is InChI=1S/C16H11ClN2O2/c1-9-6-11(17)7-12-13(16(20)21)8-14(19-15(9)12)10-2-4-18-5-3-10/h2-8H,1H3,(H,20,21). The van der Waals surface area contributed by atoms with Crippen LogP contribution in [-0.2, 0) is 0 Å². The molecule has 4 nitrogen and oxygen atoms in total. The van der Waals surface area contributed by atoms with E-state index in [4.69, 9.17) is 11.6 Å². The van der Waals surface area contributed by atoms with Gasteiger partial charge in [0.15, 0.2) is 0 Å². The highest BCUT2D eigenvalue weighted by molar-refractivity contribution is 6.31. The summed E-state index contributed by atoms with van der Waals surface area (Å²) in [6, 6.07) is 8.57. The molecular formula is C16H11ClN2O2. The Kier molecular flexibility index (Phi) is 3.31. The zero-order valence-electron chi connectivity index (χ0n) is 11.2. The topological polar surface area (TPSA) is 63.1 Å². The fourth-order valence-electron chi connectivity index (χ4n) is 2.30. The molecule has 0 unspecified atom stereocenters. The number of halogens is 1. The van der Waals surface area contributed by atoms with Gasteiger partial charge in [-0.05, 0) is 42.8 Å². The smallest absolute Gasteiger partial charge is 0.336 e. The molecule has 3 rings (SSSR count). The lowest BCUT2D eigenvalue weighted by Gasteiger charge is -2.09. The summed E-state index contributed by atoms with van der Waals surface area (Å²) >= 11 is 6.03.